The summed E-state index contributed by atoms with van der Waals surface area (Å²) >= 11 is 1.69. The van der Waals surface area contributed by atoms with E-state index < -0.39 is 6.10 Å². The van der Waals surface area contributed by atoms with Gasteiger partial charge in [0.2, 0.25) is 0 Å². The SMILES string of the molecule is CNCC1CCN(C(=O)C(C)Oc2ccc(SC)cc2)C1. The zero-order chi connectivity index (χ0) is 15.2. The van der Waals surface area contributed by atoms with Crippen LogP contribution in [-0.2, 0) is 4.79 Å². The Morgan fingerprint density at radius 2 is 2.19 bits per heavy atom. The molecule has 0 aliphatic carbocycles. The highest BCUT2D eigenvalue weighted by Gasteiger charge is 2.29. The van der Waals surface area contributed by atoms with Gasteiger partial charge in [-0.2, -0.15) is 0 Å². The highest BCUT2D eigenvalue weighted by molar-refractivity contribution is 7.98. The van der Waals surface area contributed by atoms with Gasteiger partial charge in [0, 0.05) is 18.0 Å². The summed E-state index contributed by atoms with van der Waals surface area (Å²) in [6.45, 7) is 4.47. The van der Waals surface area contributed by atoms with Crippen LogP contribution in [0.25, 0.3) is 0 Å². The van der Waals surface area contributed by atoms with Crippen molar-refractivity contribution in [1.82, 2.24) is 10.2 Å². The molecule has 116 valence electrons. The molecule has 0 spiro atoms. The maximum Gasteiger partial charge on any atom is 0.263 e. The number of hydrogen-bond donors (Lipinski definition) is 1. The number of carbonyl (C=O) groups is 1. The lowest BCUT2D eigenvalue weighted by molar-refractivity contribution is -0.137. The molecule has 2 unspecified atom stereocenters. The van der Waals surface area contributed by atoms with E-state index in [0.29, 0.717) is 5.92 Å². The van der Waals surface area contributed by atoms with Crippen molar-refractivity contribution in [2.75, 3.05) is 32.9 Å². The van der Waals surface area contributed by atoms with Crippen LogP contribution in [0.3, 0.4) is 0 Å². The van der Waals surface area contributed by atoms with Crippen LogP contribution in [0.4, 0.5) is 0 Å². The minimum Gasteiger partial charge on any atom is -0.481 e. The summed E-state index contributed by atoms with van der Waals surface area (Å²) in [5.74, 6) is 1.40. The molecule has 1 heterocycles. The lowest BCUT2D eigenvalue weighted by Crippen LogP contribution is -2.39. The van der Waals surface area contributed by atoms with E-state index in [1.54, 1.807) is 11.8 Å². The molecule has 1 saturated heterocycles. The van der Waals surface area contributed by atoms with E-state index in [1.807, 2.05) is 49.4 Å². The molecule has 4 nitrogen and oxygen atoms in total. The first-order valence-electron chi connectivity index (χ1n) is 7.38. The maximum atomic E-state index is 12.4. The largest absolute Gasteiger partial charge is 0.481 e. The number of carbonyl (C=O) groups excluding carboxylic acids is 1. The van der Waals surface area contributed by atoms with Crippen molar-refractivity contribution < 1.29 is 9.53 Å². The fourth-order valence-electron chi connectivity index (χ4n) is 2.65. The van der Waals surface area contributed by atoms with Crippen LogP contribution in [0.5, 0.6) is 5.75 Å². The Morgan fingerprint density at radius 1 is 1.48 bits per heavy atom. The Kier molecular flexibility index (Phi) is 5.94. The topological polar surface area (TPSA) is 41.6 Å². The molecule has 2 rings (SSSR count). The summed E-state index contributed by atoms with van der Waals surface area (Å²) in [7, 11) is 1.95. The minimum atomic E-state index is -0.432. The first-order chi connectivity index (χ1) is 10.1. The van der Waals surface area contributed by atoms with Gasteiger partial charge in [0.1, 0.15) is 5.75 Å². The molecule has 21 heavy (non-hydrogen) atoms. The van der Waals surface area contributed by atoms with Gasteiger partial charge in [0.25, 0.3) is 5.91 Å². The van der Waals surface area contributed by atoms with E-state index in [2.05, 4.69) is 5.32 Å². The third-order valence-corrected chi connectivity index (χ3v) is 4.55. The van der Waals surface area contributed by atoms with Crippen molar-refractivity contribution in [3.8, 4) is 5.75 Å². The standard InChI is InChI=1S/C16H24N2O2S/c1-12(20-14-4-6-15(21-3)7-5-14)16(19)18-9-8-13(11-18)10-17-2/h4-7,12-13,17H,8-11H2,1-3H3. The second-order valence-corrected chi connectivity index (χ2v) is 6.31. The molecule has 0 saturated carbocycles. The summed E-state index contributed by atoms with van der Waals surface area (Å²) in [4.78, 5) is 15.5. The summed E-state index contributed by atoms with van der Waals surface area (Å²) in [6.07, 6.45) is 2.68. The molecule has 1 N–H and O–H groups in total. The van der Waals surface area contributed by atoms with Crippen LogP contribution in [-0.4, -0.2) is 49.8 Å². The van der Waals surface area contributed by atoms with Crippen LogP contribution in [0.15, 0.2) is 29.2 Å². The molecule has 5 heteroatoms. The van der Waals surface area contributed by atoms with E-state index in [1.165, 1.54) is 4.90 Å². The minimum absolute atomic E-state index is 0.0857. The number of hydrogen-bond acceptors (Lipinski definition) is 4. The Morgan fingerprint density at radius 3 is 2.81 bits per heavy atom. The van der Waals surface area contributed by atoms with Gasteiger partial charge >= 0.3 is 0 Å². The smallest absolute Gasteiger partial charge is 0.263 e. The Hall–Kier alpha value is -1.20. The van der Waals surface area contributed by atoms with Gasteiger partial charge < -0.3 is 15.0 Å². The number of ether oxygens (including phenoxy) is 1. The zero-order valence-corrected chi connectivity index (χ0v) is 13.8. The van der Waals surface area contributed by atoms with Crippen LogP contribution >= 0.6 is 11.8 Å². The Balaban J connectivity index is 1.87. The summed E-state index contributed by atoms with van der Waals surface area (Å²) in [6, 6.07) is 7.86. The average molecular weight is 308 g/mol. The lowest BCUT2D eigenvalue weighted by atomic mass is 10.1. The molecule has 1 aromatic rings. The molecule has 1 aliphatic heterocycles. The van der Waals surface area contributed by atoms with Gasteiger partial charge in [0.15, 0.2) is 6.10 Å². The molecule has 0 aromatic heterocycles. The number of likely N-dealkylation sites (tertiary alicyclic amines) is 1. The van der Waals surface area contributed by atoms with E-state index in [0.717, 1.165) is 31.8 Å². The summed E-state index contributed by atoms with van der Waals surface area (Å²) in [5, 5.41) is 3.18. The second kappa shape index (κ2) is 7.71. The Labute approximate surface area is 131 Å². The van der Waals surface area contributed by atoms with Crippen molar-refractivity contribution in [2.45, 2.75) is 24.3 Å². The van der Waals surface area contributed by atoms with Gasteiger partial charge in [-0.3, -0.25) is 4.79 Å². The molecule has 1 aliphatic rings. The van der Waals surface area contributed by atoms with Crippen molar-refractivity contribution in [1.29, 1.82) is 0 Å². The van der Waals surface area contributed by atoms with Crippen molar-refractivity contribution >= 4 is 17.7 Å². The first-order valence-corrected chi connectivity index (χ1v) is 8.60. The van der Waals surface area contributed by atoms with Gasteiger partial charge in [-0.1, -0.05) is 0 Å². The Bertz CT molecular complexity index is 464. The molecule has 2 atom stereocenters. The second-order valence-electron chi connectivity index (χ2n) is 5.43. The van der Waals surface area contributed by atoms with Gasteiger partial charge in [0.05, 0.1) is 0 Å². The molecule has 1 fully saturated rings. The van der Waals surface area contributed by atoms with E-state index in [-0.39, 0.29) is 5.91 Å². The lowest BCUT2D eigenvalue weighted by Gasteiger charge is -2.22. The van der Waals surface area contributed by atoms with Gasteiger partial charge in [-0.15, -0.1) is 11.8 Å². The van der Waals surface area contributed by atoms with Gasteiger partial charge in [-0.05, 0) is 63.4 Å². The van der Waals surface area contributed by atoms with Crippen LogP contribution in [0.1, 0.15) is 13.3 Å². The van der Waals surface area contributed by atoms with E-state index in [4.69, 9.17) is 4.74 Å². The number of nitrogens with zero attached hydrogens (tertiary/aromatic N) is 1. The quantitative estimate of drug-likeness (QED) is 0.819. The number of thioether (sulfide) groups is 1. The fourth-order valence-corrected chi connectivity index (χ4v) is 3.06. The van der Waals surface area contributed by atoms with Crippen LogP contribution < -0.4 is 10.1 Å². The zero-order valence-electron chi connectivity index (χ0n) is 13.0. The van der Waals surface area contributed by atoms with Gasteiger partial charge in [-0.25, -0.2) is 0 Å². The van der Waals surface area contributed by atoms with Crippen LogP contribution in [0, 0.1) is 5.92 Å². The summed E-state index contributed by atoms with van der Waals surface area (Å²) < 4.78 is 5.77. The van der Waals surface area contributed by atoms with Crippen molar-refractivity contribution in [3.63, 3.8) is 0 Å². The molecule has 0 bridgehead atoms. The molecule has 0 radical (unpaired) electrons. The summed E-state index contributed by atoms with van der Waals surface area (Å²) in [5.41, 5.74) is 0. The predicted molar refractivity (Wildman–Crippen MR) is 86.9 cm³/mol. The normalized spacial score (nSPS) is 19.6. The third-order valence-electron chi connectivity index (χ3n) is 3.81. The average Bonchev–Trinajstić information content (AvgIpc) is 2.96. The number of amides is 1. The van der Waals surface area contributed by atoms with E-state index >= 15 is 0 Å². The van der Waals surface area contributed by atoms with E-state index in [9.17, 15) is 4.79 Å². The molecular formula is C16H24N2O2S. The van der Waals surface area contributed by atoms with Crippen molar-refractivity contribution in [3.05, 3.63) is 24.3 Å². The third kappa shape index (κ3) is 4.38. The number of benzene rings is 1. The number of rotatable bonds is 6. The molecule has 1 aromatic carbocycles. The number of nitrogens with one attached hydrogen (secondary N) is 1. The first kappa shape index (κ1) is 16.2. The van der Waals surface area contributed by atoms with Crippen molar-refractivity contribution in [2.24, 2.45) is 5.92 Å². The van der Waals surface area contributed by atoms with Crippen LogP contribution in [0.2, 0.25) is 0 Å². The highest BCUT2D eigenvalue weighted by Crippen LogP contribution is 2.21. The maximum absolute atomic E-state index is 12.4. The molecular weight excluding hydrogens is 284 g/mol. The monoisotopic (exact) mass is 308 g/mol. The highest BCUT2D eigenvalue weighted by atomic mass is 32.2. The fraction of sp³-hybridized carbons (Fsp3) is 0.562. The predicted octanol–water partition coefficient (Wildman–Crippen LogP) is 2.24. The molecule has 1 amide bonds.